The fourth-order valence-corrected chi connectivity index (χ4v) is 1.35. The van der Waals surface area contributed by atoms with Gasteiger partial charge < -0.3 is 19.4 Å². The molecule has 1 rings (SSSR count). The molecule has 0 aliphatic rings. The smallest absolute Gasteiger partial charge is 0.545 e. The number of carbonyl (C=O) groups excluding carboxylic acids is 2. The molecule has 6 heteroatoms. The van der Waals surface area contributed by atoms with Crippen LogP contribution in [0.4, 0.5) is 0 Å². The van der Waals surface area contributed by atoms with Crippen LogP contribution in [0.5, 0.6) is 11.5 Å². The van der Waals surface area contributed by atoms with Gasteiger partial charge in [0.1, 0.15) is 6.29 Å². The third-order valence-electron chi connectivity index (χ3n) is 2.15. The van der Waals surface area contributed by atoms with Gasteiger partial charge in [-0.3, -0.25) is 4.79 Å². The summed E-state index contributed by atoms with van der Waals surface area (Å²) in [5, 5.41) is 10.8. The van der Waals surface area contributed by atoms with E-state index in [1.807, 2.05) is 0 Å². The summed E-state index contributed by atoms with van der Waals surface area (Å²) in [6.45, 7) is 0. The van der Waals surface area contributed by atoms with Gasteiger partial charge in [-0.15, -0.1) is 0 Å². The van der Waals surface area contributed by atoms with Crippen LogP contribution in [0.1, 0.15) is 5.56 Å². The first kappa shape index (κ1) is 16.7. The Morgan fingerprint density at radius 1 is 1.22 bits per heavy atom. The van der Waals surface area contributed by atoms with Crippen molar-refractivity contribution >= 4 is 17.8 Å². The van der Waals surface area contributed by atoms with E-state index < -0.39 is 5.97 Å². The summed E-state index contributed by atoms with van der Waals surface area (Å²) in [5.74, 6) is -0.576. The molecule has 0 saturated carbocycles. The van der Waals surface area contributed by atoms with Gasteiger partial charge in [0.25, 0.3) is 0 Å². The molecule has 18 heavy (non-hydrogen) atoms. The Bertz CT molecular complexity index is 468. The molecule has 0 saturated heterocycles. The molecule has 0 aromatic heterocycles. The zero-order valence-electron chi connectivity index (χ0n) is 10.4. The molecule has 0 aliphatic heterocycles. The van der Waals surface area contributed by atoms with Crippen molar-refractivity contribution in [1.29, 1.82) is 0 Å². The van der Waals surface area contributed by atoms with Crippen LogP contribution in [0.15, 0.2) is 24.3 Å². The molecule has 1 aromatic rings. The van der Waals surface area contributed by atoms with Gasteiger partial charge in [0.2, 0.25) is 0 Å². The van der Waals surface area contributed by atoms with Gasteiger partial charge in [0.15, 0.2) is 11.5 Å². The maximum atomic E-state index is 10.8. The van der Waals surface area contributed by atoms with Gasteiger partial charge in [0, 0.05) is 5.57 Å². The van der Waals surface area contributed by atoms with E-state index in [1.54, 1.807) is 6.07 Å². The predicted molar refractivity (Wildman–Crippen MR) is 58.6 cm³/mol. The molecular weight excluding hydrogens is 247 g/mol. The van der Waals surface area contributed by atoms with Crippen molar-refractivity contribution in [2.24, 2.45) is 0 Å². The van der Waals surface area contributed by atoms with Crippen molar-refractivity contribution in [3.8, 4) is 11.5 Å². The molecule has 0 atom stereocenters. The maximum Gasteiger partial charge on any atom is 1.00 e. The number of allylic oxidation sites excluding steroid dienone is 1. The molecule has 0 amide bonds. The van der Waals surface area contributed by atoms with E-state index in [0.717, 1.165) is 6.08 Å². The van der Waals surface area contributed by atoms with E-state index in [0.29, 0.717) is 23.3 Å². The van der Waals surface area contributed by atoms with Crippen molar-refractivity contribution in [3.05, 3.63) is 29.8 Å². The van der Waals surface area contributed by atoms with Crippen LogP contribution in [0.3, 0.4) is 0 Å². The number of ether oxygens (including phenoxy) is 2. The summed E-state index contributed by atoms with van der Waals surface area (Å²) in [7, 11) is 2.90. The molecule has 0 heterocycles. The normalized spacial score (nSPS) is 10.2. The minimum Gasteiger partial charge on any atom is -0.545 e. The van der Waals surface area contributed by atoms with Crippen molar-refractivity contribution in [2.45, 2.75) is 0 Å². The zero-order chi connectivity index (χ0) is 12.8. The summed E-state index contributed by atoms with van der Waals surface area (Å²) < 4.78 is 10.0. The van der Waals surface area contributed by atoms with Gasteiger partial charge in [-0.2, -0.15) is 0 Å². The predicted octanol–water partition coefficient (Wildman–Crippen LogP) is -2.96. The zero-order valence-corrected chi connectivity index (χ0v) is 12.4. The first-order valence-electron chi connectivity index (χ1n) is 4.73. The number of aliphatic carboxylic acids is 1. The minimum absolute atomic E-state index is 0. The Kier molecular flexibility index (Phi) is 7.35. The standard InChI is InChI=1S/C12H12O5.Na/c1-16-10-4-3-8(7-11(10)17-2)9(5-6-13)12(14)15;/h3-7H,1-2H3,(H,14,15);/q;+1/p-1. The summed E-state index contributed by atoms with van der Waals surface area (Å²) >= 11 is 0. The van der Waals surface area contributed by atoms with E-state index in [1.165, 1.54) is 26.4 Å². The molecule has 1 aromatic carbocycles. The number of benzene rings is 1. The van der Waals surface area contributed by atoms with Gasteiger partial charge in [-0.1, -0.05) is 6.07 Å². The first-order valence-corrected chi connectivity index (χ1v) is 4.73. The Labute approximate surface area is 127 Å². The number of hydrogen-bond acceptors (Lipinski definition) is 5. The van der Waals surface area contributed by atoms with Gasteiger partial charge in [0.05, 0.1) is 20.2 Å². The minimum atomic E-state index is -1.43. The van der Waals surface area contributed by atoms with E-state index in [-0.39, 0.29) is 35.1 Å². The summed E-state index contributed by atoms with van der Waals surface area (Å²) in [5.41, 5.74) is 0.107. The van der Waals surface area contributed by atoms with E-state index in [9.17, 15) is 14.7 Å². The number of carboxylic acid groups (broad SMARTS) is 1. The third-order valence-corrected chi connectivity index (χ3v) is 2.15. The van der Waals surface area contributed by atoms with Gasteiger partial charge in [-0.25, -0.2) is 0 Å². The van der Waals surface area contributed by atoms with Crippen molar-refractivity contribution in [3.63, 3.8) is 0 Å². The number of methoxy groups -OCH3 is 2. The van der Waals surface area contributed by atoms with Crippen molar-refractivity contribution in [2.75, 3.05) is 14.2 Å². The topological polar surface area (TPSA) is 75.7 Å². The molecule has 0 fully saturated rings. The first-order chi connectivity index (χ1) is 8.13. The number of rotatable bonds is 5. The third kappa shape index (κ3) is 3.87. The summed E-state index contributed by atoms with van der Waals surface area (Å²) in [6.07, 6.45) is 1.32. The Balaban J connectivity index is 0.00000289. The number of carbonyl (C=O) groups is 2. The molecule has 0 aliphatic carbocycles. The molecule has 0 spiro atoms. The Morgan fingerprint density at radius 3 is 2.28 bits per heavy atom. The maximum absolute atomic E-state index is 10.8. The van der Waals surface area contributed by atoms with Crippen LogP contribution in [-0.2, 0) is 9.59 Å². The van der Waals surface area contributed by atoms with Crippen LogP contribution in [-0.4, -0.2) is 26.5 Å². The number of hydrogen-bond donors (Lipinski definition) is 0. The molecule has 0 N–H and O–H groups in total. The van der Waals surface area contributed by atoms with Crippen LogP contribution < -0.4 is 44.1 Å². The summed E-state index contributed by atoms with van der Waals surface area (Å²) in [6, 6.07) is 4.52. The summed E-state index contributed by atoms with van der Waals surface area (Å²) in [4.78, 5) is 21.2. The molecule has 90 valence electrons. The molecule has 5 nitrogen and oxygen atoms in total. The average molecular weight is 258 g/mol. The van der Waals surface area contributed by atoms with Crippen LogP contribution in [0.2, 0.25) is 0 Å². The molecule has 0 unspecified atom stereocenters. The van der Waals surface area contributed by atoms with E-state index >= 15 is 0 Å². The quantitative estimate of drug-likeness (QED) is 0.320. The second kappa shape index (κ2) is 7.92. The fourth-order valence-electron chi connectivity index (χ4n) is 1.35. The largest absolute Gasteiger partial charge is 1.00 e. The molecule has 0 radical (unpaired) electrons. The van der Waals surface area contributed by atoms with E-state index in [2.05, 4.69) is 0 Å². The second-order valence-corrected chi connectivity index (χ2v) is 3.07. The monoisotopic (exact) mass is 258 g/mol. The van der Waals surface area contributed by atoms with Crippen LogP contribution >= 0.6 is 0 Å². The number of carboxylic acids is 1. The van der Waals surface area contributed by atoms with Gasteiger partial charge >= 0.3 is 29.6 Å². The Hall–Kier alpha value is -1.30. The molecule has 0 bridgehead atoms. The second-order valence-electron chi connectivity index (χ2n) is 3.07. The Morgan fingerprint density at radius 2 is 1.83 bits per heavy atom. The van der Waals surface area contributed by atoms with E-state index in [4.69, 9.17) is 9.47 Å². The fraction of sp³-hybridized carbons (Fsp3) is 0.167. The van der Waals surface area contributed by atoms with Crippen molar-refractivity contribution < 1.29 is 53.7 Å². The number of aldehydes is 1. The SMILES string of the molecule is COc1ccc(C(=CC=O)C(=O)[O-])cc1OC.[Na+]. The van der Waals surface area contributed by atoms with Crippen LogP contribution in [0, 0.1) is 0 Å². The van der Waals surface area contributed by atoms with Crippen LogP contribution in [0.25, 0.3) is 5.57 Å². The van der Waals surface area contributed by atoms with Gasteiger partial charge in [-0.05, 0) is 23.8 Å². The van der Waals surface area contributed by atoms with Crippen molar-refractivity contribution in [1.82, 2.24) is 0 Å². The molecular formula is C12H11NaO5. The average Bonchev–Trinajstić information content (AvgIpc) is 2.34.